The number of benzene rings is 2. The summed E-state index contributed by atoms with van der Waals surface area (Å²) in [6, 6.07) is 14.5. The van der Waals surface area contributed by atoms with Crippen LogP contribution in [0.1, 0.15) is 36.2 Å². The molecule has 0 bridgehead atoms. The zero-order chi connectivity index (χ0) is 19.9. The number of rotatable bonds is 7. The lowest BCUT2D eigenvalue weighted by Crippen LogP contribution is -2.23. The number of anilines is 1. The summed E-state index contributed by atoms with van der Waals surface area (Å²) in [7, 11) is 0. The Hall–Kier alpha value is -3.55. The Labute approximate surface area is 163 Å². The Morgan fingerprint density at radius 3 is 2.71 bits per heavy atom. The van der Waals surface area contributed by atoms with Gasteiger partial charge in [-0.1, -0.05) is 32.0 Å². The molecule has 1 atom stereocenters. The zero-order valence-electron chi connectivity index (χ0n) is 15.8. The topological polar surface area (TPSA) is 102 Å². The summed E-state index contributed by atoms with van der Waals surface area (Å²) < 4.78 is 1.49. The second-order valence-electron chi connectivity index (χ2n) is 6.49. The van der Waals surface area contributed by atoms with Gasteiger partial charge in [-0.3, -0.25) is 9.59 Å². The van der Waals surface area contributed by atoms with E-state index in [1.165, 1.54) is 11.0 Å². The Morgan fingerprint density at radius 1 is 1.14 bits per heavy atom. The Kier molecular flexibility index (Phi) is 6.11. The minimum Gasteiger partial charge on any atom is -0.348 e. The molecule has 1 aromatic heterocycles. The number of amides is 2. The summed E-state index contributed by atoms with van der Waals surface area (Å²) in [6.07, 6.45) is 2.25. The van der Waals surface area contributed by atoms with Crippen LogP contribution < -0.4 is 10.6 Å². The average Bonchev–Trinajstić information content (AvgIpc) is 3.26. The van der Waals surface area contributed by atoms with E-state index in [0.29, 0.717) is 17.8 Å². The van der Waals surface area contributed by atoms with E-state index in [1.807, 2.05) is 44.2 Å². The van der Waals surface area contributed by atoms with Crippen LogP contribution in [0, 0.1) is 5.92 Å². The molecule has 0 spiro atoms. The highest BCUT2D eigenvalue weighted by Gasteiger charge is 2.11. The van der Waals surface area contributed by atoms with E-state index in [2.05, 4.69) is 26.2 Å². The van der Waals surface area contributed by atoms with Crippen LogP contribution in [0.3, 0.4) is 0 Å². The number of carbonyl (C=O) groups is 2. The molecule has 0 radical (unpaired) electrons. The number of tetrazole rings is 1. The molecule has 2 N–H and O–H groups in total. The van der Waals surface area contributed by atoms with Gasteiger partial charge in [-0.05, 0) is 52.7 Å². The molecule has 8 nitrogen and oxygen atoms in total. The van der Waals surface area contributed by atoms with Crippen molar-refractivity contribution in [1.82, 2.24) is 25.5 Å². The summed E-state index contributed by atoms with van der Waals surface area (Å²) in [6.45, 7) is 4.22. The zero-order valence-corrected chi connectivity index (χ0v) is 15.8. The normalized spacial score (nSPS) is 11.6. The third-order valence-electron chi connectivity index (χ3n) is 4.43. The fourth-order valence-electron chi connectivity index (χ4n) is 2.56. The Bertz CT molecular complexity index is 955. The van der Waals surface area contributed by atoms with Crippen LogP contribution in [0.2, 0.25) is 0 Å². The molecular formula is C20H22N6O2. The van der Waals surface area contributed by atoms with Crippen molar-refractivity contribution in [3.63, 3.8) is 0 Å². The Balaban J connectivity index is 1.63. The molecule has 8 heteroatoms. The summed E-state index contributed by atoms with van der Waals surface area (Å²) in [4.78, 5) is 24.5. The van der Waals surface area contributed by atoms with Crippen LogP contribution in [-0.2, 0) is 11.3 Å². The van der Waals surface area contributed by atoms with Crippen LogP contribution in [0.25, 0.3) is 5.69 Å². The van der Waals surface area contributed by atoms with Crippen molar-refractivity contribution in [2.24, 2.45) is 5.92 Å². The minimum atomic E-state index is -0.205. The molecule has 3 rings (SSSR count). The van der Waals surface area contributed by atoms with Crippen molar-refractivity contribution in [1.29, 1.82) is 0 Å². The molecular weight excluding hydrogens is 356 g/mol. The van der Waals surface area contributed by atoms with Crippen molar-refractivity contribution in [2.75, 3.05) is 5.32 Å². The number of carbonyl (C=O) groups excluding carboxylic acids is 2. The lowest BCUT2D eigenvalue weighted by atomic mass is 10.1. The Morgan fingerprint density at radius 2 is 1.96 bits per heavy atom. The molecule has 0 aliphatic rings. The van der Waals surface area contributed by atoms with Crippen LogP contribution >= 0.6 is 0 Å². The first-order valence-electron chi connectivity index (χ1n) is 9.08. The van der Waals surface area contributed by atoms with Crippen LogP contribution in [0.5, 0.6) is 0 Å². The molecule has 0 saturated carbocycles. The van der Waals surface area contributed by atoms with E-state index in [0.717, 1.165) is 17.7 Å². The molecule has 1 heterocycles. The van der Waals surface area contributed by atoms with Gasteiger partial charge in [0.25, 0.3) is 5.91 Å². The van der Waals surface area contributed by atoms with Gasteiger partial charge >= 0.3 is 0 Å². The fourth-order valence-corrected chi connectivity index (χ4v) is 2.56. The van der Waals surface area contributed by atoms with Crippen LogP contribution in [0.15, 0.2) is 54.9 Å². The lowest BCUT2D eigenvalue weighted by Gasteiger charge is -2.11. The summed E-state index contributed by atoms with van der Waals surface area (Å²) in [5, 5.41) is 16.8. The van der Waals surface area contributed by atoms with Gasteiger partial charge in [-0.25, -0.2) is 4.68 Å². The monoisotopic (exact) mass is 378 g/mol. The number of nitrogens with one attached hydrogen (secondary N) is 2. The molecule has 28 heavy (non-hydrogen) atoms. The average molecular weight is 378 g/mol. The molecule has 0 fully saturated rings. The smallest absolute Gasteiger partial charge is 0.251 e. The van der Waals surface area contributed by atoms with E-state index >= 15 is 0 Å². The first-order chi connectivity index (χ1) is 13.6. The maximum atomic E-state index is 12.5. The number of hydrogen-bond donors (Lipinski definition) is 2. The van der Waals surface area contributed by atoms with E-state index in [-0.39, 0.29) is 17.7 Å². The standard InChI is InChI=1S/C20H22N6O2/c1-3-14(2)19(27)23-17-8-4-6-15(10-17)12-21-20(28)16-7-5-9-18(11-16)26-13-22-24-25-26/h4-11,13-14H,3,12H2,1-2H3,(H,21,28)(H,23,27). The molecule has 3 aromatic rings. The predicted molar refractivity (Wildman–Crippen MR) is 105 cm³/mol. The summed E-state index contributed by atoms with van der Waals surface area (Å²) in [5.74, 6) is -0.261. The molecule has 2 amide bonds. The predicted octanol–water partition coefficient (Wildman–Crippen LogP) is 2.58. The molecule has 144 valence electrons. The van der Waals surface area contributed by atoms with Gasteiger partial charge in [0.05, 0.1) is 5.69 Å². The molecule has 0 saturated heterocycles. The molecule has 0 aliphatic heterocycles. The van der Waals surface area contributed by atoms with Crippen molar-refractivity contribution >= 4 is 17.5 Å². The van der Waals surface area contributed by atoms with E-state index in [9.17, 15) is 9.59 Å². The maximum Gasteiger partial charge on any atom is 0.251 e. The fraction of sp³-hybridized carbons (Fsp3) is 0.250. The SMILES string of the molecule is CCC(C)C(=O)Nc1cccc(CNC(=O)c2cccc(-n3cnnn3)c2)c1. The van der Waals surface area contributed by atoms with Crippen LogP contribution in [-0.4, -0.2) is 32.0 Å². The van der Waals surface area contributed by atoms with Crippen molar-refractivity contribution in [3.8, 4) is 5.69 Å². The van der Waals surface area contributed by atoms with Crippen molar-refractivity contribution in [2.45, 2.75) is 26.8 Å². The van der Waals surface area contributed by atoms with E-state index in [4.69, 9.17) is 0 Å². The minimum absolute atomic E-state index is 0.0110. The van der Waals surface area contributed by atoms with Crippen molar-refractivity contribution < 1.29 is 9.59 Å². The molecule has 1 unspecified atom stereocenters. The van der Waals surface area contributed by atoms with Gasteiger partial charge in [0.15, 0.2) is 0 Å². The second kappa shape index (κ2) is 8.90. The number of hydrogen-bond acceptors (Lipinski definition) is 5. The largest absolute Gasteiger partial charge is 0.348 e. The number of nitrogens with zero attached hydrogens (tertiary/aromatic N) is 4. The van der Waals surface area contributed by atoms with Gasteiger partial charge in [-0.2, -0.15) is 0 Å². The second-order valence-corrected chi connectivity index (χ2v) is 6.49. The maximum absolute atomic E-state index is 12.5. The lowest BCUT2D eigenvalue weighted by molar-refractivity contribution is -0.119. The third-order valence-corrected chi connectivity index (χ3v) is 4.43. The molecule has 2 aromatic carbocycles. The first-order valence-corrected chi connectivity index (χ1v) is 9.08. The van der Waals surface area contributed by atoms with Gasteiger partial charge in [0.2, 0.25) is 5.91 Å². The summed E-state index contributed by atoms with van der Waals surface area (Å²) >= 11 is 0. The highest BCUT2D eigenvalue weighted by molar-refractivity contribution is 5.95. The van der Waals surface area contributed by atoms with Gasteiger partial charge in [-0.15, -0.1) is 5.10 Å². The quantitative estimate of drug-likeness (QED) is 0.658. The summed E-state index contributed by atoms with van der Waals surface area (Å²) in [5.41, 5.74) is 2.83. The third kappa shape index (κ3) is 4.79. The van der Waals surface area contributed by atoms with E-state index in [1.54, 1.807) is 18.2 Å². The van der Waals surface area contributed by atoms with Gasteiger partial charge in [0.1, 0.15) is 6.33 Å². The van der Waals surface area contributed by atoms with Gasteiger partial charge < -0.3 is 10.6 Å². The van der Waals surface area contributed by atoms with Gasteiger partial charge in [0, 0.05) is 23.7 Å². The number of aromatic nitrogens is 4. The highest BCUT2D eigenvalue weighted by atomic mass is 16.2. The first kappa shape index (κ1) is 19.2. The van der Waals surface area contributed by atoms with Crippen molar-refractivity contribution in [3.05, 3.63) is 66.0 Å². The molecule has 0 aliphatic carbocycles. The highest BCUT2D eigenvalue weighted by Crippen LogP contribution is 2.14. The van der Waals surface area contributed by atoms with Crippen LogP contribution in [0.4, 0.5) is 5.69 Å². The van der Waals surface area contributed by atoms with E-state index < -0.39 is 0 Å².